The third-order valence-electron chi connectivity index (χ3n) is 3.54. The van der Waals surface area contributed by atoms with Gasteiger partial charge in [0.1, 0.15) is 0 Å². The highest BCUT2D eigenvalue weighted by molar-refractivity contribution is 7.99. The van der Waals surface area contributed by atoms with E-state index >= 15 is 0 Å². The molecule has 0 amide bonds. The van der Waals surface area contributed by atoms with Crippen LogP contribution in [-0.4, -0.2) is 33.0 Å². The Kier molecular flexibility index (Phi) is 4.36. The molecule has 0 aromatic carbocycles. The second-order valence-corrected chi connectivity index (χ2v) is 5.71. The summed E-state index contributed by atoms with van der Waals surface area (Å²) in [5.41, 5.74) is 5.84. The van der Waals surface area contributed by atoms with Crippen LogP contribution in [-0.2, 0) is 0 Å². The van der Waals surface area contributed by atoms with Gasteiger partial charge in [-0.25, -0.2) is 9.97 Å². The van der Waals surface area contributed by atoms with E-state index in [1.807, 2.05) is 6.07 Å². The lowest BCUT2D eigenvalue weighted by atomic mass is 9.87. The lowest BCUT2D eigenvalue weighted by molar-refractivity contribution is 0.158. The molecule has 0 spiro atoms. The Bertz CT molecular complexity index is 349. The predicted octanol–water partition coefficient (Wildman–Crippen LogP) is 1.45. The Morgan fingerprint density at radius 1 is 1.47 bits per heavy atom. The van der Waals surface area contributed by atoms with Crippen LogP contribution in [0.2, 0.25) is 0 Å². The van der Waals surface area contributed by atoms with Gasteiger partial charge in [0.25, 0.3) is 0 Å². The van der Waals surface area contributed by atoms with Crippen LogP contribution < -0.4 is 5.73 Å². The average molecular weight is 253 g/mol. The summed E-state index contributed by atoms with van der Waals surface area (Å²) in [6.45, 7) is 0.101. The molecule has 2 atom stereocenters. The standard InChI is InChI=1S/C12H19N3OS/c13-12(9-16)5-1-3-10(12)4-8-17-11-14-6-2-7-15-11/h2,6-7,10,16H,1,3-5,8-9,13H2. The van der Waals surface area contributed by atoms with Gasteiger partial charge in [-0.05, 0) is 31.2 Å². The van der Waals surface area contributed by atoms with Gasteiger partial charge in [0, 0.05) is 23.7 Å². The van der Waals surface area contributed by atoms with Crippen LogP contribution in [0, 0.1) is 5.92 Å². The minimum Gasteiger partial charge on any atom is -0.394 e. The van der Waals surface area contributed by atoms with E-state index in [9.17, 15) is 5.11 Å². The first kappa shape index (κ1) is 12.8. The van der Waals surface area contributed by atoms with Crippen molar-refractivity contribution in [3.05, 3.63) is 18.5 Å². The Hall–Kier alpha value is -0.650. The van der Waals surface area contributed by atoms with Crippen LogP contribution in [0.5, 0.6) is 0 Å². The molecule has 1 saturated carbocycles. The van der Waals surface area contributed by atoms with Crippen molar-refractivity contribution in [2.75, 3.05) is 12.4 Å². The van der Waals surface area contributed by atoms with E-state index in [1.54, 1.807) is 24.2 Å². The van der Waals surface area contributed by atoms with Gasteiger partial charge in [0.2, 0.25) is 0 Å². The molecule has 0 bridgehead atoms. The number of aromatic nitrogens is 2. The topological polar surface area (TPSA) is 72.0 Å². The number of hydrogen-bond acceptors (Lipinski definition) is 5. The molecular weight excluding hydrogens is 234 g/mol. The summed E-state index contributed by atoms with van der Waals surface area (Å²) in [5, 5.41) is 10.2. The largest absolute Gasteiger partial charge is 0.394 e. The first-order valence-corrected chi connectivity index (χ1v) is 7.03. The lowest BCUT2D eigenvalue weighted by Gasteiger charge is -2.29. The van der Waals surface area contributed by atoms with Gasteiger partial charge < -0.3 is 10.8 Å². The molecule has 0 aliphatic heterocycles. The Balaban J connectivity index is 1.79. The molecule has 0 saturated heterocycles. The molecule has 4 nitrogen and oxygen atoms in total. The molecule has 0 radical (unpaired) electrons. The molecule has 1 aliphatic carbocycles. The number of nitrogens with zero attached hydrogens (tertiary/aromatic N) is 2. The number of rotatable bonds is 5. The third-order valence-corrected chi connectivity index (χ3v) is 4.45. The molecule has 1 aromatic rings. The van der Waals surface area contributed by atoms with Gasteiger partial charge in [-0.3, -0.25) is 0 Å². The Morgan fingerprint density at radius 2 is 2.24 bits per heavy atom. The highest BCUT2D eigenvalue weighted by atomic mass is 32.2. The minimum atomic E-state index is -0.349. The van der Waals surface area contributed by atoms with Crippen LogP contribution in [0.4, 0.5) is 0 Å². The lowest BCUT2D eigenvalue weighted by Crippen LogP contribution is -2.47. The van der Waals surface area contributed by atoms with Crippen molar-refractivity contribution in [3.8, 4) is 0 Å². The van der Waals surface area contributed by atoms with E-state index in [0.29, 0.717) is 5.92 Å². The summed E-state index contributed by atoms with van der Waals surface area (Å²) in [4.78, 5) is 8.34. The van der Waals surface area contributed by atoms with Crippen molar-refractivity contribution < 1.29 is 5.11 Å². The average Bonchev–Trinajstić information content (AvgIpc) is 2.73. The Morgan fingerprint density at radius 3 is 2.94 bits per heavy atom. The van der Waals surface area contributed by atoms with Crippen molar-refractivity contribution in [2.45, 2.75) is 36.4 Å². The summed E-state index contributed by atoms with van der Waals surface area (Å²) in [7, 11) is 0. The van der Waals surface area contributed by atoms with Gasteiger partial charge in [-0.1, -0.05) is 18.2 Å². The molecule has 2 rings (SSSR count). The SMILES string of the molecule is NC1(CO)CCCC1CCSc1ncccn1. The van der Waals surface area contributed by atoms with E-state index in [4.69, 9.17) is 5.73 Å². The molecule has 2 unspecified atom stereocenters. The second kappa shape index (κ2) is 5.80. The first-order valence-electron chi connectivity index (χ1n) is 6.04. The van der Waals surface area contributed by atoms with Gasteiger partial charge >= 0.3 is 0 Å². The summed E-state index contributed by atoms with van der Waals surface area (Å²) in [6.07, 6.45) is 7.75. The molecule has 1 fully saturated rings. The van der Waals surface area contributed by atoms with E-state index in [0.717, 1.165) is 36.6 Å². The van der Waals surface area contributed by atoms with E-state index in [1.165, 1.54) is 0 Å². The third kappa shape index (κ3) is 3.18. The van der Waals surface area contributed by atoms with Crippen LogP contribution in [0.3, 0.4) is 0 Å². The maximum atomic E-state index is 9.36. The number of thioether (sulfide) groups is 1. The second-order valence-electron chi connectivity index (χ2n) is 4.65. The maximum Gasteiger partial charge on any atom is 0.187 e. The molecule has 94 valence electrons. The fourth-order valence-corrected chi connectivity index (χ4v) is 3.32. The molecular formula is C12H19N3OS. The number of aliphatic hydroxyl groups is 1. The van der Waals surface area contributed by atoms with Crippen molar-refractivity contribution >= 4 is 11.8 Å². The zero-order valence-corrected chi connectivity index (χ0v) is 10.7. The normalized spacial score (nSPS) is 28.5. The van der Waals surface area contributed by atoms with Gasteiger partial charge in [-0.2, -0.15) is 0 Å². The van der Waals surface area contributed by atoms with Gasteiger partial charge in [-0.15, -0.1) is 0 Å². The highest BCUT2D eigenvalue weighted by Crippen LogP contribution is 2.36. The van der Waals surface area contributed by atoms with Gasteiger partial charge in [0.15, 0.2) is 5.16 Å². The summed E-state index contributed by atoms with van der Waals surface area (Å²) in [5.74, 6) is 1.40. The van der Waals surface area contributed by atoms with Crippen molar-refractivity contribution in [3.63, 3.8) is 0 Å². The summed E-state index contributed by atoms with van der Waals surface area (Å²) < 4.78 is 0. The van der Waals surface area contributed by atoms with E-state index in [-0.39, 0.29) is 12.1 Å². The summed E-state index contributed by atoms with van der Waals surface area (Å²) in [6, 6.07) is 1.82. The van der Waals surface area contributed by atoms with Crippen LogP contribution in [0.15, 0.2) is 23.6 Å². The van der Waals surface area contributed by atoms with Crippen LogP contribution >= 0.6 is 11.8 Å². The molecule has 1 aromatic heterocycles. The summed E-state index contributed by atoms with van der Waals surface area (Å²) >= 11 is 1.66. The molecule has 3 N–H and O–H groups in total. The minimum absolute atomic E-state index is 0.101. The van der Waals surface area contributed by atoms with Crippen molar-refractivity contribution in [1.82, 2.24) is 9.97 Å². The monoisotopic (exact) mass is 253 g/mol. The number of aliphatic hydroxyl groups excluding tert-OH is 1. The Labute approximate surface area is 106 Å². The van der Waals surface area contributed by atoms with E-state index < -0.39 is 0 Å². The first-order chi connectivity index (χ1) is 8.24. The molecule has 17 heavy (non-hydrogen) atoms. The predicted molar refractivity (Wildman–Crippen MR) is 68.7 cm³/mol. The number of nitrogens with two attached hydrogens (primary N) is 1. The van der Waals surface area contributed by atoms with Crippen LogP contribution in [0.25, 0.3) is 0 Å². The maximum absolute atomic E-state index is 9.36. The van der Waals surface area contributed by atoms with Crippen LogP contribution in [0.1, 0.15) is 25.7 Å². The fourth-order valence-electron chi connectivity index (χ4n) is 2.46. The van der Waals surface area contributed by atoms with Gasteiger partial charge in [0.05, 0.1) is 6.61 Å². The van der Waals surface area contributed by atoms with E-state index in [2.05, 4.69) is 9.97 Å². The molecule has 5 heteroatoms. The fraction of sp³-hybridized carbons (Fsp3) is 0.667. The molecule has 1 heterocycles. The quantitative estimate of drug-likeness (QED) is 0.614. The molecule has 1 aliphatic rings. The smallest absolute Gasteiger partial charge is 0.187 e. The highest BCUT2D eigenvalue weighted by Gasteiger charge is 2.38. The zero-order valence-electron chi connectivity index (χ0n) is 9.88. The zero-order chi connectivity index (χ0) is 12.1. The van der Waals surface area contributed by atoms with Crippen molar-refractivity contribution in [2.24, 2.45) is 11.7 Å². The number of hydrogen-bond donors (Lipinski definition) is 2. The van der Waals surface area contributed by atoms with Crippen molar-refractivity contribution in [1.29, 1.82) is 0 Å².